The highest BCUT2D eigenvalue weighted by Crippen LogP contribution is 2.33. The Kier molecular flexibility index (Phi) is 5.07. The number of aromatic nitrogens is 4. The van der Waals surface area contributed by atoms with E-state index in [-0.39, 0.29) is 11.9 Å². The van der Waals surface area contributed by atoms with Crippen LogP contribution in [0, 0.1) is 0 Å². The minimum atomic E-state index is -0.0992. The second-order valence-electron chi connectivity index (χ2n) is 8.28. The molecule has 1 unspecified atom stereocenters. The van der Waals surface area contributed by atoms with Gasteiger partial charge in [-0.15, -0.1) is 0 Å². The summed E-state index contributed by atoms with van der Waals surface area (Å²) in [7, 11) is 0. The van der Waals surface area contributed by atoms with Gasteiger partial charge in [0.2, 0.25) is 5.91 Å². The first-order chi connectivity index (χ1) is 16.7. The van der Waals surface area contributed by atoms with Crippen LogP contribution in [0.5, 0.6) is 0 Å². The highest BCUT2D eigenvalue weighted by molar-refractivity contribution is 7.08. The molecule has 0 fully saturated rings. The lowest BCUT2D eigenvalue weighted by atomic mass is 10.00. The zero-order valence-electron chi connectivity index (χ0n) is 18.5. The number of nitrogens with one attached hydrogen (secondary N) is 3. The van der Waals surface area contributed by atoms with E-state index in [0.717, 1.165) is 55.7 Å². The molecule has 0 aliphatic carbocycles. The van der Waals surface area contributed by atoms with E-state index < -0.39 is 0 Å². The lowest BCUT2D eigenvalue weighted by Gasteiger charge is -2.17. The third-order valence-corrected chi connectivity index (χ3v) is 6.73. The van der Waals surface area contributed by atoms with E-state index in [9.17, 15) is 4.79 Å². The number of allylic oxidation sites excluding steroid dienone is 1. The van der Waals surface area contributed by atoms with E-state index in [0.29, 0.717) is 13.0 Å². The summed E-state index contributed by atoms with van der Waals surface area (Å²) in [5, 5.41) is 15.9. The minimum Gasteiger partial charge on any atom is -0.348 e. The van der Waals surface area contributed by atoms with Crippen LogP contribution in [-0.4, -0.2) is 44.9 Å². The average molecular weight is 467 g/mol. The number of hydrogen-bond donors (Lipinski definition) is 3. The molecule has 1 aliphatic heterocycles. The largest absolute Gasteiger partial charge is 0.348 e. The smallest absolute Gasteiger partial charge is 0.220 e. The molecule has 1 atom stereocenters. The van der Waals surface area contributed by atoms with Gasteiger partial charge >= 0.3 is 0 Å². The van der Waals surface area contributed by atoms with Crippen molar-refractivity contribution in [2.45, 2.75) is 19.4 Å². The highest BCUT2D eigenvalue weighted by Gasteiger charge is 2.18. The van der Waals surface area contributed by atoms with Gasteiger partial charge in [-0.25, -0.2) is 4.98 Å². The first kappa shape index (κ1) is 20.6. The molecule has 2 aromatic carbocycles. The van der Waals surface area contributed by atoms with E-state index in [1.807, 2.05) is 37.4 Å². The fourth-order valence-corrected chi connectivity index (χ4v) is 4.97. The van der Waals surface area contributed by atoms with Crippen molar-refractivity contribution >= 4 is 51.0 Å². The molecule has 1 amide bonds. The summed E-state index contributed by atoms with van der Waals surface area (Å²) in [6.07, 6.45) is 4.39. The Morgan fingerprint density at radius 2 is 2.12 bits per heavy atom. The monoisotopic (exact) mass is 466 g/mol. The van der Waals surface area contributed by atoms with Crippen LogP contribution in [0.15, 0.2) is 64.3 Å². The number of hydrogen-bond acceptors (Lipinski definition) is 5. The molecule has 3 aromatic heterocycles. The number of aromatic amines is 2. The summed E-state index contributed by atoms with van der Waals surface area (Å²) in [5.41, 5.74) is 7.87. The lowest BCUT2D eigenvalue weighted by Crippen LogP contribution is -2.36. The van der Waals surface area contributed by atoms with E-state index in [1.54, 1.807) is 11.3 Å². The predicted molar refractivity (Wildman–Crippen MR) is 138 cm³/mol. The van der Waals surface area contributed by atoms with Crippen molar-refractivity contribution in [3.8, 4) is 22.6 Å². The molecule has 7 nitrogen and oxygen atoms in total. The molecule has 0 saturated heterocycles. The number of nitrogens with zero attached hydrogens (tertiary/aromatic N) is 3. The summed E-state index contributed by atoms with van der Waals surface area (Å²) in [4.78, 5) is 24.7. The normalized spacial score (nSPS) is 15.7. The van der Waals surface area contributed by atoms with E-state index >= 15 is 0 Å². The number of thiophene rings is 1. The number of para-hydroxylation sites is 1. The van der Waals surface area contributed by atoms with Crippen molar-refractivity contribution in [1.82, 2.24) is 25.5 Å². The van der Waals surface area contributed by atoms with Gasteiger partial charge in [0.05, 0.1) is 29.1 Å². The zero-order chi connectivity index (χ0) is 23.1. The highest BCUT2D eigenvalue weighted by atomic mass is 32.1. The maximum absolute atomic E-state index is 11.8. The molecule has 0 radical (unpaired) electrons. The van der Waals surface area contributed by atoms with Gasteiger partial charge in [-0.1, -0.05) is 31.2 Å². The van der Waals surface area contributed by atoms with Crippen molar-refractivity contribution in [3.63, 3.8) is 0 Å². The van der Waals surface area contributed by atoms with Crippen molar-refractivity contribution in [2.75, 3.05) is 6.54 Å². The lowest BCUT2D eigenvalue weighted by molar-refractivity contribution is -0.121. The molecular weight excluding hydrogens is 444 g/mol. The van der Waals surface area contributed by atoms with Crippen LogP contribution in [0.1, 0.15) is 18.9 Å². The van der Waals surface area contributed by atoms with Gasteiger partial charge in [0.15, 0.2) is 5.82 Å². The first-order valence-electron chi connectivity index (χ1n) is 11.2. The van der Waals surface area contributed by atoms with Crippen LogP contribution < -0.4 is 5.32 Å². The number of aliphatic imine (C=N–C) groups is 1. The first-order valence-corrected chi connectivity index (χ1v) is 12.1. The molecule has 168 valence electrons. The molecule has 34 heavy (non-hydrogen) atoms. The summed E-state index contributed by atoms with van der Waals surface area (Å²) in [6.45, 7) is 2.40. The van der Waals surface area contributed by atoms with Crippen LogP contribution in [-0.2, 0) is 4.79 Å². The quantitative estimate of drug-likeness (QED) is 0.332. The Balaban J connectivity index is 1.41. The summed E-state index contributed by atoms with van der Waals surface area (Å²) >= 11 is 1.67. The van der Waals surface area contributed by atoms with E-state index in [2.05, 4.69) is 60.5 Å². The number of benzene rings is 2. The number of amides is 1. The Morgan fingerprint density at radius 3 is 2.97 bits per heavy atom. The van der Waals surface area contributed by atoms with Gasteiger partial charge < -0.3 is 10.3 Å². The van der Waals surface area contributed by atoms with Crippen LogP contribution >= 0.6 is 11.3 Å². The van der Waals surface area contributed by atoms with Gasteiger partial charge in [0, 0.05) is 23.6 Å². The van der Waals surface area contributed by atoms with Crippen molar-refractivity contribution in [2.24, 2.45) is 4.99 Å². The Hall–Kier alpha value is -4.04. The third-order valence-electron chi connectivity index (χ3n) is 6.05. The Morgan fingerprint density at radius 1 is 1.18 bits per heavy atom. The van der Waals surface area contributed by atoms with Gasteiger partial charge in [0.25, 0.3) is 0 Å². The number of fused-ring (bicyclic) bond motifs is 2. The van der Waals surface area contributed by atoms with Crippen LogP contribution in [0.25, 0.3) is 50.2 Å². The van der Waals surface area contributed by atoms with Crippen LogP contribution in [0.4, 0.5) is 0 Å². The Labute approximate surface area is 199 Å². The molecule has 5 aromatic rings. The van der Waals surface area contributed by atoms with Crippen LogP contribution in [0.2, 0.25) is 0 Å². The number of carbonyl (C=O) groups excluding carboxylic acids is 1. The molecular formula is C26H22N6OS. The number of dihydropyridines is 1. The molecule has 1 aliphatic rings. The molecule has 4 heterocycles. The van der Waals surface area contributed by atoms with Crippen molar-refractivity contribution in [1.29, 1.82) is 0 Å². The van der Waals surface area contributed by atoms with Crippen molar-refractivity contribution in [3.05, 3.63) is 64.9 Å². The predicted octanol–water partition coefficient (Wildman–Crippen LogP) is 5.20. The minimum absolute atomic E-state index is 0.0250. The second kappa shape index (κ2) is 8.39. The standard InChI is InChI=1S/C26H22N6OS/c1-2-23(33)28-18-10-17(12-27-13-18)15-6-7-21-20(11-15)25(32-31-21)26-29-22-5-3-4-19(24(22)30-26)16-8-9-34-14-16/h3-12,14,18H,2,13H2,1H3,(H,28,33)(H,29,30)(H,31,32). The zero-order valence-corrected chi connectivity index (χ0v) is 19.3. The summed E-state index contributed by atoms with van der Waals surface area (Å²) < 4.78 is 0. The molecule has 3 N–H and O–H groups in total. The van der Waals surface area contributed by atoms with Gasteiger partial charge in [-0.05, 0) is 51.7 Å². The Bertz CT molecular complexity index is 1570. The summed E-state index contributed by atoms with van der Waals surface area (Å²) in [5.74, 6) is 0.748. The molecule has 8 heteroatoms. The average Bonchev–Trinajstić information content (AvgIpc) is 3.62. The van der Waals surface area contributed by atoms with Crippen LogP contribution in [0.3, 0.4) is 0 Å². The SMILES string of the molecule is CCC(=O)NC1C=C(c2ccc3[nH]nc(-c4nc5c(-c6ccsc6)cccc5[nH]4)c3c2)C=NC1. The van der Waals surface area contributed by atoms with Gasteiger partial charge in [-0.3, -0.25) is 14.9 Å². The fraction of sp³-hybridized carbons (Fsp3) is 0.154. The maximum atomic E-state index is 11.8. The fourth-order valence-electron chi connectivity index (χ4n) is 4.31. The van der Waals surface area contributed by atoms with Crippen molar-refractivity contribution < 1.29 is 4.79 Å². The number of H-pyrrole nitrogens is 2. The maximum Gasteiger partial charge on any atom is 0.220 e. The van der Waals surface area contributed by atoms with E-state index in [4.69, 9.17) is 4.98 Å². The number of imidazole rings is 1. The number of rotatable bonds is 5. The summed E-state index contributed by atoms with van der Waals surface area (Å²) in [6, 6.07) is 14.3. The van der Waals surface area contributed by atoms with Gasteiger partial charge in [-0.2, -0.15) is 16.4 Å². The van der Waals surface area contributed by atoms with Gasteiger partial charge in [0.1, 0.15) is 5.69 Å². The molecule has 0 spiro atoms. The molecule has 0 bridgehead atoms. The molecule has 0 saturated carbocycles. The number of carbonyl (C=O) groups is 1. The molecule has 6 rings (SSSR count). The third kappa shape index (κ3) is 3.62. The topological polar surface area (TPSA) is 98.8 Å². The van der Waals surface area contributed by atoms with E-state index in [1.165, 1.54) is 0 Å². The second-order valence-corrected chi connectivity index (χ2v) is 9.06.